The van der Waals surface area contributed by atoms with Crippen LogP contribution >= 0.6 is 0 Å². The molecule has 8 nitrogen and oxygen atoms in total. The van der Waals surface area contributed by atoms with Gasteiger partial charge in [0.2, 0.25) is 0 Å². The number of imide groups is 1. The van der Waals surface area contributed by atoms with Crippen LogP contribution in [0.2, 0.25) is 0 Å². The van der Waals surface area contributed by atoms with Gasteiger partial charge in [0.05, 0.1) is 5.69 Å². The number of hydrogen-bond acceptors (Lipinski definition) is 4. The van der Waals surface area contributed by atoms with Crippen LogP contribution < -0.4 is 10.2 Å². The van der Waals surface area contributed by atoms with Gasteiger partial charge in [0.25, 0.3) is 11.8 Å². The van der Waals surface area contributed by atoms with Crippen molar-refractivity contribution in [3.8, 4) is 0 Å². The van der Waals surface area contributed by atoms with Gasteiger partial charge in [0.15, 0.2) is 0 Å². The van der Waals surface area contributed by atoms with E-state index in [0.717, 1.165) is 16.0 Å². The Kier molecular flexibility index (Phi) is 5.69. The minimum Gasteiger partial charge on any atom is -0.480 e. The van der Waals surface area contributed by atoms with Gasteiger partial charge >= 0.3 is 12.0 Å². The molecule has 2 aliphatic heterocycles. The fourth-order valence-electron chi connectivity index (χ4n) is 4.22. The molecule has 1 unspecified atom stereocenters. The lowest BCUT2D eigenvalue weighted by Crippen LogP contribution is -2.45. The molecule has 0 spiro atoms. The average Bonchev–Trinajstić information content (AvgIpc) is 3.04. The molecule has 0 saturated carbocycles. The summed E-state index contributed by atoms with van der Waals surface area (Å²) in [5.41, 5.74) is 2.74. The topological polar surface area (TPSA) is 107 Å². The number of rotatable bonds is 6. The zero-order chi connectivity index (χ0) is 23.0. The number of anilines is 1. The van der Waals surface area contributed by atoms with Crippen molar-refractivity contribution in [3.05, 3.63) is 65.2 Å². The van der Waals surface area contributed by atoms with E-state index in [9.17, 15) is 24.3 Å². The molecule has 32 heavy (non-hydrogen) atoms. The van der Waals surface area contributed by atoms with E-state index in [4.69, 9.17) is 0 Å². The Morgan fingerprint density at radius 2 is 1.75 bits per heavy atom. The Morgan fingerprint density at radius 3 is 2.38 bits per heavy atom. The number of carboxylic acid groups (broad SMARTS) is 1. The maximum atomic E-state index is 13.0. The van der Waals surface area contributed by atoms with Gasteiger partial charge in [-0.25, -0.2) is 14.5 Å². The Balaban J connectivity index is 1.51. The maximum absolute atomic E-state index is 13.0. The first-order valence-electron chi connectivity index (χ1n) is 10.7. The van der Waals surface area contributed by atoms with Crippen LogP contribution in [0.4, 0.5) is 10.5 Å². The molecule has 0 radical (unpaired) electrons. The van der Waals surface area contributed by atoms with Gasteiger partial charge in [-0.1, -0.05) is 44.5 Å². The van der Waals surface area contributed by atoms with Crippen LogP contribution in [-0.4, -0.2) is 45.9 Å². The average molecular weight is 435 g/mol. The molecule has 2 aromatic carbocycles. The van der Waals surface area contributed by atoms with Crippen molar-refractivity contribution in [2.45, 2.75) is 45.3 Å². The van der Waals surface area contributed by atoms with E-state index in [-0.39, 0.29) is 23.4 Å². The lowest BCUT2D eigenvalue weighted by molar-refractivity contribution is -0.140. The van der Waals surface area contributed by atoms with E-state index in [1.807, 2.05) is 31.2 Å². The van der Waals surface area contributed by atoms with Crippen molar-refractivity contribution in [3.63, 3.8) is 0 Å². The van der Waals surface area contributed by atoms with Crippen LogP contribution in [0, 0.1) is 5.92 Å². The lowest BCUT2D eigenvalue weighted by Gasteiger charge is -2.28. The molecule has 1 fully saturated rings. The molecule has 2 aromatic rings. The molecule has 0 aliphatic carbocycles. The summed E-state index contributed by atoms with van der Waals surface area (Å²) < 4.78 is 0. The first kappa shape index (κ1) is 21.5. The molecular formula is C24H25N3O5. The van der Waals surface area contributed by atoms with E-state index >= 15 is 0 Å². The first-order valence-corrected chi connectivity index (χ1v) is 10.7. The largest absolute Gasteiger partial charge is 0.480 e. The SMILES string of the molecule is CCC(C)[C@H](NC(=O)c1ccc(N2C(=O)[C@@H]3Cc4ccccc4CN3C2=O)cc1)C(=O)O. The number of hydrogen-bond donors (Lipinski definition) is 2. The molecule has 2 heterocycles. The van der Waals surface area contributed by atoms with E-state index in [1.165, 1.54) is 24.3 Å². The molecule has 1 saturated heterocycles. The lowest BCUT2D eigenvalue weighted by atomic mass is 9.95. The van der Waals surface area contributed by atoms with E-state index < -0.39 is 24.0 Å². The minimum absolute atomic E-state index is 0.225. The number of carboxylic acids is 1. The number of nitrogens with zero attached hydrogens (tertiary/aromatic N) is 2. The van der Waals surface area contributed by atoms with Crippen molar-refractivity contribution in [2.75, 3.05) is 4.90 Å². The van der Waals surface area contributed by atoms with E-state index in [0.29, 0.717) is 25.1 Å². The standard InChI is InChI=1S/C24H25N3O5/c1-3-14(2)20(23(30)31)25-21(28)15-8-10-18(11-9-15)27-22(29)19-12-16-6-4-5-7-17(16)13-26(19)24(27)32/h4-11,14,19-20H,3,12-13H2,1-2H3,(H,25,28)(H,30,31)/t14?,19-,20-/m0/s1. The Labute approximate surface area is 185 Å². The highest BCUT2D eigenvalue weighted by molar-refractivity contribution is 6.21. The molecule has 0 aromatic heterocycles. The van der Waals surface area contributed by atoms with E-state index in [2.05, 4.69) is 5.32 Å². The molecule has 166 valence electrons. The number of carbonyl (C=O) groups is 4. The number of urea groups is 1. The Hall–Kier alpha value is -3.68. The molecule has 0 bridgehead atoms. The van der Waals surface area contributed by atoms with Gasteiger partial charge in [-0.2, -0.15) is 0 Å². The second-order valence-electron chi connectivity index (χ2n) is 8.29. The van der Waals surface area contributed by atoms with Crippen LogP contribution in [0.25, 0.3) is 0 Å². The second kappa shape index (κ2) is 8.45. The monoisotopic (exact) mass is 435 g/mol. The van der Waals surface area contributed by atoms with Crippen LogP contribution in [0.3, 0.4) is 0 Å². The highest BCUT2D eigenvalue weighted by Gasteiger charge is 2.47. The minimum atomic E-state index is -1.09. The number of fused-ring (bicyclic) bond motifs is 2. The van der Waals surface area contributed by atoms with Crippen LogP contribution in [-0.2, 0) is 22.6 Å². The van der Waals surface area contributed by atoms with Crippen LogP contribution in [0.1, 0.15) is 41.8 Å². The highest BCUT2D eigenvalue weighted by Crippen LogP contribution is 2.33. The summed E-state index contributed by atoms with van der Waals surface area (Å²) in [6.07, 6.45) is 1.08. The highest BCUT2D eigenvalue weighted by atomic mass is 16.4. The summed E-state index contributed by atoms with van der Waals surface area (Å²) in [7, 11) is 0. The third-order valence-electron chi connectivity index (χ3n) is 6.34. The number of carbonyl (C=O) groups excluding carboxylic acids is 3. The number of amides is 4. The predicted octanol–water partition coefficient (Wildman–Crippen LogP) is 2.81. The van der Waals surface area contributed by atoms with Gasteiger partial charge in [0.1, 0.15) is 12.1 Å². The quantitative estimate of drug-likeness (QED) is 0.679. The predicted molar refractivity (Wildman–Crippen MR) is 117 cm³/mol. The summed E-state index contributed by atoms with van der Waals surface area (Å²) in [6.45, 7) is 4.01. The summed E-state index contributed by atoms with van der Waals surface area (Å²) in [5, 5.41) is 11.9. The van der Waals surface area contributed by atoms with Crippen LogP contribution in [0.5, 0.6) is 0 Å². The summed E-state index contributed by atoms with van der Waals surface area (Å²) in [4.78, 5) is 52.8. The second-order valence-corrected chi connectivity index (χ2v) is 8.29. The fourth-order valence-corrected chi connectivity index (χ4v) is 4.22. The maximum Gasteiger partial charge on any atom is 0.332 e. The third kappa shape index (κ3) is 3.72. The molecule has 3 atom stereocenters. The first-order chi connectivity index (χ1) is 15.3. The zero-order valence-electron chi connectivity index (χ0n) is 17.9. The number of aliphatic carboxylic acids is 1. The Bertz CT molecular complexity index is 1040. The summed E-state index contributed by atoms with van der Waals surface area (Å²) in [5.74, 6) is -2.12. The number of nitrogens with one attached hydrogen (secondary N) is 1. The van der Waals surface area contributed by atoms with E-state index in [1.54, 1.807) is 11.8 Å². The van der Waals surface area contributed by atoms with Gasteiger partial charge < -0.3 is 15.3 Å². The van der Waals surface area contributed by atoms with Crippen molar-refractivity contribution >= 4 is 29.5 Å². The summed E-state index contributed by atoms with van der Waals surface area (Å²) >= 11 is 0. The van der Waals surface area contributed by atoms with Gasteiger partial charge in [0, 0.05) is 18.5 Å². The smallest absolute Gasteiger partial charge is 0.332 e. The third-order valence-corrected chi connectivity index (χ3v) is 6.34. The van der Waals surface area contributed by atoms with Crippen LogP contribution in [0.15, 0.2) is 48.5 Å². The molecule has 4 rings (SSSR count). The Morgan fingerprint density at radius 1 is 1.09 bits per heavy atom. The molecule has 2 aliphatic rings. The van der Waals surface area contributed by atoms with Crippen molar-refractivity contribution in [1.82, 2.24) is 10.2 Å². The molecule has 2 N–H and O–H groups in total. The molecule has 4 amide bonds. The van der Waals surface area contributed by atoms with Gasteiger partial charge in [-0.3, -0.25) is 9.59 Å². The van der Waals surface area contributed by atoms with Gasteiger partial charge in [-0.05, 0) is 41.3 Å². The zero-order valence-corrected chi connectivity index (χ0v) is 17.9. The van der Waals surface area contributed by atoms with Gasteiger partial charge in [-0.15, -0.1) is 0 Å². The number of benzene rings is 2. The normalized spacial score (nSPS) is 19.2. The summed E-state index contributed by atoms with van der Waals surface area (Å²) in [6, 6.07) is 11.9. The van der Waals surface area contributed by atoms with Crippen molar-refractivity contribution in [1.29, 1.82) is 0 Å². The molecular weight excluding hydrogens is 410 g/mol. The van der Waals surface area contributed by atoms with Crippen molar-refractivity contribution in [2.24, 2.45) is 5.92 Å². The fraction of sp³-hybridized carbons (Fsp3) is 0.333. The van der Waals surface area contributed by atoms with Crippen molar-refractivity contribution < 1.29 is 24.3 Å². The molecule has 8 heteroatoms.